The fourth-order valence-electron chi connectivity index (χ4n) is 2.69. The number of aryl methyl sites for hydroxylation is 1. The molecule has 0 saturated carbocycles. The first-order valence-corrected chi connectivity index (χ1v) is 9.60. The van der Waals surface area contributed by atoms with Gasteiger partial charge in [-0.15, -0.1) is 0 Å². The van der Waals surface area contributed by atoms with Crippen LogP contribution in [-0.4, -0.2) is 11.7 Å². The summed E-state index contributed by atoms with van der Waals surface area (Å²) in [6.07, 6.45) is 2.13. The van der Waals surface area contributed by atoms with Crippen LogP contribution >= 0.6 is 12.2 Å². The van der Waals surface area contributed by atoms with Crippen LogP contribution in [0.2, 0.25) is 0 Å². The SMILES string of the molecule is CC(C)c1ccc(CCCNC(=S)Nc2ccc(C(C)C)cc2)cc1. The minimum atomic E-state index is 0.550. The Hall–Kier alpha value is -1.87. The van der Waals surface area contributed by atoms with Crippen LogP contribution in [0.3, 0.4) is 0 Å². The maximum absolute atomic E-state index is 5.37. The van der Waals surface area contributed by atoms with Gasteiger partial charge in [0.15, 0.2) is 5.11 Å². The molecule has 0 aromatic heterocycles. The van der Waals surface area contributed by atoms with Gasteiger partial charge in [0.2, 0.25) is 0 Å². The third kappa shape index (κ3) is 6.50. The zero-order valence-electron chi connectivity index (χ0n) is 15.8. The maximum Gasteiger partial charge on any atom is 0.170 e. The van der Waals surface area contributed by atoms with E-state index in [0.717, 1.165) is 25.1 Å². The summed E-state index contributed by atoms with van der Waals surface area (Å²) in [6.45, 7) is 9.73. The number of hydrogen-bond acceptors (Lipinski definition) is 1. The van der Waals surface area contributed by atoms with Crippen LogP contribution in [0.4, 0.5) is 5.69 Å². The first-order chi connectivity index (χ1) is 12.0. The number of anilines is 1. The zero-order chi connectivity index (χ0) is 18.2. The smallest absolute Gasteiger partial charge is 0.170 e. The Morgan fingerprint density at radius 2 is 1.36 bits per heavy atom. The number of rotatable bonds is 7. The molecular weight excluding hydrogens is 324 g/mol. The van der Waals surface area contributed by atoms with E-state index < -0.39 is 0 Å². The van der Waals surface area contributed by atoms with Crippen LogP contribution in [0.15, 0.2) is 48.5 Å². The molecule has 0 unspecified atom stereocenters. The summed E-state index contributed by atoms with van der Waals surface area (Å²) in [5, 5.41) is 7.22. The van der Waals surface area contributed by atoms with E-state index in [0.29, 0.717) is 16.9 Å². The van der Waals surface area contributed by atoms with Gasteiger partial charge >= 0.3 is 0 Å². The van der Waals surface area contributed by atoms with Crippen LogP contribution in [0.1, 0.15) is 62.6 Å². The molecule has 134 valence electrons. The Labute approximate surface area is 158 Å². The lowest BCUT2D eigenvalue weighted by atomic mass is 10.0. The second-order valence-electron chi connectivity index (χ2n) is 7.16. The first-order valence-electron chi connectivity index (χ1n) is 9.19. The quantitative estimate of drug-likeness (QED) is 0.481. The van der Waals surface area contributed by atoms with Crippen molar-refractivity contribution in [2.24, 2.45) is 0 Å². The molecule has 2 N–H and O–H groups in total. The van der Waals surface area contributed by atoms with Crippen molar-refractivity contribution in [2.45, 2.75) is 52.4 Å². The second kappa shape index (κ2) is 9.57. The van der Waals surface area contributed by atoms with E-state index >= 15 is 0 Å². The van der Waals surface area contributed by atoms with Crippen LogP contribution in [0.25, 0.3) is 0 Å². The number of nitrogens with one attached hydrogen (secondary N) is 2. The third-order valence-electron chi connectivity index (χ3n) is 4.41. The molecule has 0 aliphatic carbocycles. The molecule has 25 heavy (non-hydrogen) atoms. The molecule has 0 amide bonds. The Morgan fingerprint density at radius 1 is 0.840 bits per heavy atom. The van der Waals surface area contributed by atoms with E-state index in [1.807, 2.05) is 0 Å². The molecule has 0 saturated heterocycles. The second-order valence-corrected chi connectivity index (χ2v) is 7.57. The van der Waals surface area contributed by atoms with E-state index in [1.165, 1.54) is 16.7 Å². The van der Waals surface area contributed by atoms with Gasteiger partial charge in [-0.05, 0) is 65.7 Å². The Morgan fingerprint density at radius 3 is 1.88 bits per heavy atom. The summed E-state index contributed by atoms with van der Waals surface area (Å²) in [4.78, 5) is 0. The Balaban J connectivity index is 1.69. The number of thiocarbonyl (C=S) groups is 1. The normalized spacial score (nSPS) is 11.0. The predicted octanol–water partition coefficient (Wildman–Crippen LogP) is 5.85. The minimum absolute atomic E-state index is 0.550. The van der Waals surface area contributed by atoms with Crippen molar-refractivity contribution < 1.29 is 0 Å². The van der Waals surface area contributed by atoms with E-state index in [1.54, 1.807) is 0 Å². The molecule has 2 rings (SSSR count). The summed E-state index contributed by atoms with van der Waals surface area (Å²) in [6, 6.07) is 17.4. The van der Waals surface area contributed by atoms with Crippen molar-refractivity contribution >= 4 is 23.0 Å². The van der Waals surface area contributed by atoms with Gasteiger partial charge in [-0.1, -0.05) is 64.1 Å². The summed E-state index contributed by atoms with van der Waals surface area (Å²) < 4.78 is 0. The zero-order valence-corrected chi connectivity index (χ0v) is 16.6. The molecule has 0 atom stereocenters. The van der Waals surface area contributed by atoms with Crippen molar-refractivity contribution in [3.63, 3.8) is 0 Å². The van der Waals surface area contributed by atoms with Gasteiger partial charge in [-0.2, -0.15) is 0 Å². The fourth-order valence-corrected chi connectivity index (χ4v) is 2.91. The van der Waals surface area contributed by atoms with Crippen molar-refractivity contribution in [1.82, 2.24) is 5.32 Å². The van der Waals surface area contributed by atoms with Crippen LogP contribution < -0.4 is 10.6 Å². The fraction of sp³-hybridized carbons (Fsp3) is 0.409. The number of hydrogen-bond donors (Lipinski definition) is 2. The molecule has 0 radical (unpaired) electrons. The molecule has 0 aliphatic heterocycles. The van der Waals surface area contributed by atoms with Gasteiger partial charge in [-0.25, -0.2) is 0 Å². The molecule has 3 heteroatoms. The molecule has 0 heterocycles. The van der Waals surface area contributed by atoms with Crippen molar-refractivity contribution in [3.05, 3.63) is 65.2 Å². The molecule has 0 fully saturated rings. The Kier molecular flexibility index (Phi) is 7.45. The summed E-state index contributed by atoms with van der Waals surface area (Å²) in [5.74, 6) is 1.14. The highest BCUT2D eigenvalue weighted by atomic mass is 32.1. The van der Waals surface area contributed by atoms with Gasteiger partial charge in [0.1, 0.15) is 0 Å². The summed E-state index contributed by atoms with van der Waals surface area (Å²) in [7, 11) is 0. The van der Waals surface area contributed by atoms with Gasteiger partial charge < -0.3 is 10.6 Å². The number of benzene rings is 2. The highest BCUT2D eigenvalue weighted by Gasteiger charge is 2.02. The van der Waals surface area contributed by atoms with E-state index in [4.69, 9.17) is 12.2 Å². The van der Waals surface area contributed by atoms with Gasteiger partial charge in [0.05, 0.1) is 0 Å². The van der Waals surface area contributed by atoms with Crippen LogP contribution in [-0.2, 0) is 6.42 Å². The molecule has 0 bridgehead atoms. The van der Waals surface area contributed by atoms with Gasteiger partial charge in [0, 0.05) is 12.2 Å². The summed E-state index contributed by atoms with van der Waals surface area (Å²) in [5.41, 5.74) is 5.16. The van der Waals surface area contributed by atoms with Crippen LogP contribution in [0.5, 0.6) is 0 Å². The molecular formula is C22H30N2S. The molecule has 2 nitrogen and oxygen atoms in total. The van der Waals surface area contributed by atoms with Crippen molar-refractivity contribution in [2.75, 3.05) is 11.9 Å². The molecule has 0 spiro atoms. The maximum atomic E-state index is 5.37. The lowest BCUT2D eigenvalue weighted by Gasteiger charge is -2.12. The topological polar surface area (TPSA) is 24.1 Å². The van der Waals surface area contributed by atoms with E-state index in [2.05, 4.69) is 86.9 Å². The lowest BCUT2D eigenvalue weighted by molar-refractivity contribution is 0.776. The molecule has 2 aromatic rings. The van der Waals surface area contributed by atoms with Crippen molar-refractivity contribution in [3.8, 4) is 0 Å². The first kappa shape index (κ1) is 19.5. The average molecular weight is 355 g/mol. The van der Waals surface area contributed by atoms with E-state index in [9.17, 15) is 0 Å². The average Bonchev–Trinajstić information content (AvgIpc) is 2.59. The molecule has 2 aromatic carbocycles. The predicted molar refractivity (Wildman–Crippen MR) is 114 cm³/mol. The Bertz CT molecular complexity index is 657. The lowest BCUT2D eigenvalue weighted by Crippen LogP contribution is -2.29. The highest BCUT2D eigenvalue weighted by Crippen LogP contribution is 2.17. The monoisotopic (exact) mass is 354 g/mol. The minimum Gasteiger partial charge on any atom is -0.362 e. The summed E-state index contributed by atoms with van der Waals surface area (Å²) >= 11 is 5.37. The van der Waals surface area contributed by atoms with E-state index in [-0.39, 0.29) is 0 Å². The van der Waals surface area contributed by atoms with Gasteiger partial charge in [-0.3, -0.25) is 0 Å². The van der Waals surface area contributed by atoms with Crippen LogP contribution in [0, 0.1) is 0 Å². The molecule has 0 aliphatic rings. The highest BCUT2D eigenvalue weighted by molar-refractivity contribution is 7.80. The van der Waals surface area contributed by atoms with Gasteiger partial charge in [0.25, 0.3) is 0 Å². The third-order valence-corrected chi connectivity index (χ3v) is 4.66. The standard InChI is InChI=1S/C22H30N2S/c1-16(2)19-9-7-18(8-10-19)6-5-15-23-22(25)24-21-13-11-20(12-14-21)17(3)4/h7-14,16-17H,5-6,15H2,1-4H3,(H2,23,24,25). The largest absolute Gasteiger partial charge is 0.362 e. The van der Waals surface area contributed by atoms with Crippen molar-refractivity contribution in [1.29, 1.82) is 0 Å².